The number of nitrogens with zero attached hydrogens (tertiary/aromatic N) is 1. The van der Waals surface area contributed by atoms with E-state index in [0.717, 1.165) is 18.5 Å². The summed E-state index contributed by atoms with van der Waals surface area (Å²) >= 11 is 0. The van der Waals surface area contributed by atoms with Gasteiger partial charge >= 0.3 is 0 Å². The summed E-state index contributed by atoms with van der Waals surface area (Å²) < 4.78 is 0. The van der Waals surface area contributed by atoms with Crippen LogP contribution in [0.5, 0.6) is 0 Å². The van der Waals surface area contributed by atoms with E-state index in [1.807, 2.05) is 11.0 Å². The van der Waals surface area contributed by atoms with Gasteiger partial charge < -0.3 is 10.2 Å². The molecule has 0 saturated carbocycles. The molecule has 2 aromatic rings. The van der Waals surface area contributed by atoms with Gasteiger partial charge in [-0.2, -0.15) is 0 Å². The minimum atomic E-state index is 0.124. The zero-order valence-electron chi connectivity index (χ0n) is 16.5. The predicted molar refractivity (Wildman–Crippen MR) is 110 cm³/mol. The Hall–Kier alpha value is -2.29. The third kappa shape index (κ3) is 3.11. The van der Waals surface area contributed by atoms with Gasteiger partial charge in [0.2, 0.25) is 5.91 Å². The van der Waals surface area contributed by atoms with Crippen molar-refractivity contribution in [3.05, 3.63) is 59.2 Å². The van der Waals surface area contributed by atoms with Gasteiger partial charge in [-0.25, -0.2) is 0 Å². The first-order valence-corrected chi connectivity index (χ1v) is 9.73. The normalized spacial score (nSPS) is 22.0. The fourth-order valence-electron chi connectivity index (χ4n) is 4.53. The van der Waals surface area contributed by atoms with Gasteiger partial charge in [-0.05, 0) is 48.6 Å². The topological polar surface area (TPSA) is 32.3 Å². The van der Waals surface area contributed by atoms with Gasteiger partial charge in [-0.1, -0.05) is 51.1 Å². The number of hydrogen-bond acceptors (Lipinski definition) is 2. The molecule has 1 heterocycles. The second-order valence-electron chi connectivity index (χ2n) is 7.36. The molecule has 0 spiro atoms. The van der Waals surface area contributed by atoms with E-state index >= 15 is 0 Å². The molecule has 1 aliphatic heterocycles. The fourth-order valence-corrected chi connectivity index (χ4v) is 4.53. The Labute approximate surface area is 157 Å². The highest BCUT2D eigenvalue weighted by Gasteiger charge is 2.39. The van der Waals surface area contributed by atoms with Gasteiger partial charge in [0.1, 0.15) is 0 Å². The molecule has 2 unspecified atom stereocenters. The van der Waals surface area contributed by atoms with E-state index in [9.17, 15) is 4.79 Å². The van der Waals surface area contributed by atoms with E-state index in [4.69, 9.17) is 0 Å². The van der Waals surface area contributed by atoms with E-state index < -0.39 is 0 Å². The lowest BCUT2D eigenvalue weighted by atomic mass is 9.80. The molecule has 0 aromatic heterocycles. The van der Waals surface area contributed by atoms with Gasteiger partial charge in [0.05, 0.1) is 6.04 Å². The molecule has 138 valence electrons. The number of para-hydroxylation sites is 1. The summed E-state index contributed by atoms with van der Waals surface area (Å²) in [6.07, 6.45) is 1.95. The van der Waals surface area contributed by atoms with Crippen LogP contribution in [-0.2, 0) is 11.2 Å². The summed E-state index contributed by atoms with van der Waals surface area (Å²) in [6, 6.07) is 15.2. The average molecular weight is 351 g/mol. The molecule has 0 bridgehead atoms. The molecule has 26 heavy (non-hydrogen) atoms. The van der Waals surface area contributed by atoms with Crippen LogP contribution in [0.3, 0.4) is 0 Å². The molecule has 1 aliphatic rings. The minimum Gasteiger partial charge on any atom is -0.378 e. The van der Waals surface area contributed by atoms with E-state index in [1.165, 1.54) is 22.4 Å². The summed E-state index contributed by atoms with van der Waals surface area (Å²) in [6.45, 7) is 10.5. The lowest BCUT2D eigenvalue weighted by Crippen LogP contribution is -2.49. The molecule has 0 fully saturated rings. The van der Waals surface area contributed by atoms with Crippen molar-refractivity contribution in [1.29, 1.82) is 0 Å². The fraction of sp³-hybridized carbons (Fsp3) is 0.435. The van der Waals surface area contributed by atoms with Gasteiger partial charge in [-0.15, -0.1) is 0 Å². The molecule has 0 radical (unpaired) electrons. The predicted octanol–water partition coefficient (Wildman–Crippen LogP) is 5.49. The molecular weight excluding hydrogens is 320 g/mol. The van der Waals surface area contributed by atoms with Crippen LogP contribution in [0, 0.1) is 12.8 Å². The number of amides is 1. The van der Waals surface area contributed by atoms with Crippen molar-refractivity contribution in [2.75, 3.05) is 10.2 Å². The van der Waals surface area contributed by atoms with Gasteiger partial charge in [-0.3, -0.25) is 4.79 Å². The highest BCUT2D eigenvalue weighted by Crippen LogP contribution is 2.43. The molecule has 3 heteroatoms. The molecule has 3 atom stereocenters. The smallest absolute Gasteiger partial charge is 0.224 e. The van der Waals surface area contributed by atoms with Crippen molar-refractivity contribution in [2.45, 2.75) is 59.5 Å². The number of fused-ring (bicyclic) bond motifs is 1. The maximum absolute atomic E-state index is 12.4. The van der Waals surface area contributed by atoms with Crippen molar-refractivity contribution >= 4 is 17.3 Å². The van der Waals surface area contributed by atoms with Gasteiger partial charge in [0, 0.05) is 30.3 Å². The molecule has 0 aliphatic carbocycles. The number of rotatable bonds is 4. The molecule has 1 N–H and O–H groups in total. The Morgan fingerprint density at radius 3 is 2.50 bits per heavy atom. The highest BCUT2D eigenvalue weighted by molar-refractivity contribution is 5.94. The van der Waals surface area contributed by atoms with Crippen molar-refractivity contribution < 1.29 is 4.79 Å². The van der Waals surface area contributed by atoms with Crippen molar-refractivity contribution in [2.24, 2.45) is 5.92 Å². The van der Waals surface area contributed by atoms with Crippen LogP contribution in [0.4, 0.5) is 11.4 Å². The molecular formula is C23H30N2O. The number of nitrogens with one attached hydrogen (secondary N) is 1. The van der Waals surface area contributed by atoms with Crippen molar-refractivity contribution in [1.82, 2.24) is 0 Å². The number of aryl methyl sites for hydroxylation is 1. The molecule has 1 amide bonds. The summed E-state index contributed by atoms with van der Waals surface area (Å²) in [5.41, 5.74) is 6.17. The van der Waals surface area contributed by atoms with Crippen LogP contribution in [0.25, 0.3) is 0 Å². The van der Waals surface area contributed by atoms with Crippen LogP contribution < -0.4 is 10.2 Å². The minimum absolute atomic E-state index is 0.124. The van der Waals surface area contributed by atoms with Crippen LogP contribution in [0.15, 0.2) is 42.5 Å². The maximum Gasteiger partial charge on any atom is 0.224 e. The largest absolute Gasteiger partial charge is 0.378 e. The molecule has 0 saturated heterocycles. The Bertz CT molecular complexity index is 799. The quantitative estimate of drug-likeness (QED) is 0.790. The lowest BCUT2D eigenvalue weighted by Gasteiger charge is -2.45. The zero-order chi connectivity index (χ0) is 18.8. The number of carbonyl (C=O) groups is 1. The summed E-state index contributed by atoms with van der Waals surface area (Å²) in [4.78, 5) is 14.4. The van der Waals surface area contributed by atoms with Gasteiger partial charge in [0.15, 0.2) is 0 Å². The Morgan fingerprint density at radius 2 is 1.85 bits per heavy atom. The lowest BCUT2D eigenvalue weighted by molar-refractivity contribution is -0.117. The first-order chi connectivity index (χ1) is 12.5. The standard InChI is InChI=1S/C23H30N2O/c1-6-18-15(3)11-10-13-20(18)24-23-16(4)21(7-2)25(17(5)26)22-14-9-8-12-19(22)23/h8-14,16,21,23-24H,6-7H2,1-5H3/t16?,21-,23?/m0/s1. The van der Waals surface area contributed by atoms with Crippen molar-refractivity contribution in [3.8, 4) is 0 Å². The van der Waals surface area contributed by atoms with E-state index in [-0.39, 0.29) is 18.0 Å². The number of carbonyl (C=O) groups excluding carboxylic acids is 1. The molecule has 3 rings (SSSR count). The summed E-state index contributed by atoms with van der Waals surface area (Å²) in [5.74, 6) is 0.448. The SMILES string of the molecule is CCc1c(C)cccc1NC1c2ccccc2N(C(C)=O)[C@@H](CC)C1C. The molecule has 2 aromatic carbocycles. The zero-order valence-corrected chi connectivity index (χ0v) is 16.5. The highest BCUT2D eigenvalue weighted by atomic mass is 16.2. The van der Waals surface area contributed by atoms with Crippen molar-refractivity contribution in [3.63, 3.8) is 0 Å². The Morgan fingerprint density at radius 1 is 1.12 bits per heavy atom. The number of hydrogen-bond donors (Lipinski definition) is 1. The van der Waals surface area contributed by atoms with Gasteiger partial charge in [0.25, 0.3) is 0 Å². The first-order valence-electron chi connectivity index (χ1n) is 9.73. The Balaban J connectivity index is 2.08. The van der Waals surface area contributed by atoms with E-state index in [0.29, 0.717) is 5.92 Å². The summed E-state index contributed by atoms with van der Waals surface area (Å²) in [7, 11) is 0. The third-order valence-electron chi connectivity index (χ3n) is 5.83. The van der Waals surface area contributed by atoms with Crippen LogP contribution in [-0.4, -0.2) is 11.9 Å². The van der Waals surface area contributed by atoms with Crippen LogP contribution >= 0.6 is 0 Å². The second-order valence-corrected chi connectivity index (χ2v) is 7.36. The molecule has 3 nitrogen and oxygen atoms in total. The average Bonchev–Trinajstić information content (AvgIpc) is 2.63. The Kier molecular flexibility index (Phi) is 5.36. The van der Waals surface area contributed by atoms with E-state index in [1.54, 1.807) is 6.92 Å². The third-order valence-corrected chi connectivity index (χ3v) is 5.83. The second kappa shape index (κ2) is 7.53. The summed E-state index contributed by atoms with van der Waals surface area (Å²) in [5, 5.41) is 3.83. The first kappa shape index (κ1) is 18.5. The maximum atomic E-state index is 12.4. The van der Waals surface area contributed by atoms with Crippen LogP contribution in [0.1, 0.15) is 56.8 Å². The monoisotopic (exact) mass is 350 g/mol. The van der Waals surface area contributed by atoms with E-state index in [2.05, 4.69) is 69.4 Å². The number of anilines is 2. The van der Waals surface area contributed by atoms with Crippen LogP contribution in [0.2, 0.25) is 0 Å². The number of benzene rings is 2.